The van der Waals surface area contributed by atoms with Gasteiger partial charge in [-0.05, 0) is 17.3 Å². The van der Waals surface area contributed by atoms with E-state index >= 15 is 0 Å². The summed E-state index contributed by atoms with van der Waals surface area (Å²) in [7, 11) is 3.35. The highest BCUT2D eigenvalue weighted by Crippen LogP contribution is 2.23. The number of carbonyl (C=O) groups excluding carboxylic acids is 1. The van der Waals surface area contributed by atoms with Crippen molar-refractivity contribution >= 4 is 17.5 Å². The van der Waals surface area contributed by atoms with Crippen LogP contribution in [-0.2, 0) is 11.3 Å². The zero-order chi connectivity index (χ0) is 13.1. The number of carbonyl (C=O) groups is 1. The Morgan fingerprint density at radius 1 is 1.39 bits per heavy atom. The van der Waals surface area contributed by atoms with Gasteiger partial charge >= 0.3 is 0 Å². The lowest BCUT2D eigenvalue weighted by atomic mass is 10.2. The second kappa shape index (κ2) is 5.14. The molecular weight excluding hydrogens is 254 g/mol. The fraction of sp³-hybridized carbons (Fsp3) is 0.273. The highest BCUT2D eigenvalue weighted by molar-refractivity contribution is 6.33. The number of rotatable bonds is 3. The first kappa shape index (κ1) is 12.5. The lowest BCUT2D eigenvalue weighted by Gasteiger charge is -2.08. The van der Waals surface area contributed by atoms with Crippen molar-refractivity contribution < 1.29 is 4.79 Å². The molecule has 7 heteroatoms. The van der Waals surface area contributed by atoms with Gasteiger partial charge in [0.05, 0.1) is 5.02 Å². The molecule has 0 aliphatic heterocycles. The minimum Gasteiger partial charge on any atom is -0.347 e. The summed E-state index contributed by atoms with van der Waals surface area (Å²) in [6, 6.07) is 7.22. The topological polar surface area (TPSA) is 63.9 Å². The van der Waals surface area contributed by atoms with E-state index in [0.717, 1.165) is 0 Å². The average molecular weight is 266 g/mol. The fourth-order valence-electron chi connectivity index (χ4n) is 1.32. The Kier molecular flexibility index (Phi) is 3.57. The van der Waals surface area contributed by atoms with Gasteiger partial charge in [-0.3, -0.25) is 4.79 Å². The van der Waals surface area contributed by atoms with Crippen LogP contribution in [0.15, 0.2) is 24.3 Å². The minimum absolute atomic E-state index is 0.0600. The molecule has 1 heterocycles. The van der Waals surface area contributed by atoms with Gasteiger partial charge in [-0.2, -0.15) is 4.80 Å². The molecule has 0 aliphatic rings. The number of benzene rings is 1. The molecule has 0 unspecified atom stereocenters. The molecule has 18 heavy (non-hydrogen) atoms. The van der Waals surface area contributed by atoms with Crippen molar-refractivity contribution in [3.63, 3.8) is 0 Å². The van der Waals surface area contributed by atoms with Crippen LogP contribution < -0.4 is 0 Å². The molecule has 0 N–H and O–H groups in total. The Balaban J connectivity index is 2.21. The first-order valence-corrected chi connectivity index (χ1v) is 5.68. The summed E-state index contributed by atoms with van der Waals surface area (Å²) in [6.07, 6.45) is 0. The Labute approximate surface area is 109 Å². The Bertz CT molecular complexity index is 566. The molecular formula is C11H12ClN5O. The van der Waals surface area contributed by atoms with E-state index in [1.54, 1.807) is 26.2 Å². The number of aromatic nitrogens is 4. The quantitative estimate of drug-likeness (QED) is 0.833. The van der Waals surface area contributed by atoms with Crippen LogP contribution in [0.3, 0.4) is 0 Å². The minimum atomic E-state index is -0.0990. The van der Waals surface area contributed by atoms with Crippen molar-refractivity contribution in [2.24, 2.45) is 0 Å². The molecule has 0 fully saturated rings. The second-order valence-electron chi connectivity index (χ2n) is 3.91. The predicted molar refractivity (Wildman–Crippen MR) is 67.0 cm³/mol. The molecule has 1 aromatic heterocycles. The van der Waals surface area contributed by atoms with Crippen LogP contribution in [0.5, 0.6) is 0 Å². The van der Waals surface area contributed by atoms with Crippen LogP contribution in [0.1, 0.15) is 0 Å². The molecule has 0 saturated heterocycles. The van der Waals surface area contributed by atoms with E-state index in [0.29, 0.717) is 16.4 Å². The first-order chi connectivity index (χ1) is 8.58. The third-order valence-corrected chi connectivity index (χ3v) is 2.67. The van der Waals surface area contributed by atoms with E-state index in [2.05, 4.69) is 15.4 Å². The number of hydrogen-bond donors (Lipinski definition) is 0. The lowest BCUT2D eigenvalue weighted by molar-refractivity contribution is -0.129. The van der Waals surface area contributed by atoms with Crippen molar-refractivity contribution in [1.82, 2.24) is 25.1 Å². The molecule has 0 bridgehead atoms. The van der Waals surface area contributed by atoms with Gasteiger partial charge in [0.25, 0.3) is 0 Å². The van der Waals surface area contributed by atoms with Gasteiger partial charge in [0.1, 0.15) is 6.54 Å². The smallest absolute Gasteiger partial charge is 0.245 e. The van der Waals surface area contributed by atoms with Crippen LogP contribution in [0, 0.1) is 0 Å². The number of tetrazole rings is 1. The normalized spacial score (nSPS) is 10.4. The largest absolute Gasteiger partial charge is 0.347 e. The first-order valence-electron chi connectivity index (χ1n) is 5.31. The van der Waals surface area contributed by atoms with Gasteiger partial charge < -0.3 is 4.90 Å². The SMILES string of the molecule is CN(C)C(=O)Cn1nnc(-c2ccccc2Cl)n1. The van der Waals surface area contributed by atoms with Crippen molar-refractivity contribution in [3.8, 4) is 11.4 Å². The Hall–Kier alpha value is -1.95. The summed E-state index contributed by atoms with van der Waals surface area (Å²) in [5.41, 5.74) is 0.697. The van der Waals surface area contributed by atoms with Crippen molar-refractivity contribution in [1.29, 1.82) is 0 Å². The maximum Gasteiger partial charge on any atom is 0.245 e. The van der Waals surface area contributed by atoms with Gasteiger partial charge in [-0.25, -0.2) is 0 Å². The summed E-state index contributed by atoms with van der Waals surface area (Å²) < 4.78 is 0. The fourth-order valence-corrected chi connectivity index (χ4v) is 1.54. The van der Waals surface area contributed by atoms with Crippen LogP contribution >= 0.6 is 11.6 Å². The van der Waals surface area contributed by atoms with Gasteiger partial charge in [0.2, 0.25) is 11.7 Å². The molecule has 0 spiro atoms. The number of hydrogen-bond acceptors (Lipinski definition) is 4. The third-order valence-electron chi connectivity index (χ3n) is 2.34. The number of amides is 1. The van der Waals surface area contributed by atoms with Gasteiger partial charge in [0, 0.05) is 19.7 Å². The zero-order valence-electron chi connectivity index (χ0n) is 10.0. The monoisotopic (exact) mass is 265 g/mol. The standard InChI is InChI=1S/C11H12ClN5O/c1-16(2)10(18)7-17-14-11(13-15-17)8-5-3-4-6-9(8)12/h3-6H,7H2,1-2H3. The molecule has 0 radical (unpaired) electrons. The molecule has 0 saturated carbocycles. The summed E-state index contributed by atoms with van der Waals surface area (Å²) in [6.45, 7) is 0.0600. The molecule has 0 atom stereocenters. The van der Waals surface area contributed by atoms with E-state index in [-0.39, 0.29) is 12.5 Å². The van der Waals surface area contributed by atoms with Gasteiger partial charge in [-0.1, -0.05) is 23.7 Å². The predicted octanol–water partition coefficient (Wildman–Crippen LogP) is 1.08. The summed E-state index contributed by atoms with van der Waals surface area (Å²) in [5.74, 6) is 0.310. The summed E-state index contributed by atoms with van der Waals surface area (Å²) in [5, 5.41) is 12.4. The third kappa shape index (κ3) is 2.65. The Morgan fingerprint density at radius 2 is 2.11 bits per heavy atom. The van der Waals surface area contributed by atoms with E-state index in [1.165, 1.54) is 9.70 Å². The van der Waals surface area contributed by atoms with Crippen LogP contribution in [-0.4, -0.2) is 45.1 Å². The lowest BCUT2D eigenvalue weighted by Crippen LogP contribution is -2.27. The van der Waals surface area contributed by atoms with Crippen molar-refractivity contribution in [2.75, 3.05) is 14.1 Å². The van der Waals surface area contributed by atoms with Crippen LogP contribution in [0.2, 0.25) is 5.02 Å². The molecule has 1 aromatic carbocycles. The molecule has 0 aliphatic carbocycles. The molecule has 6 nitrogen and oxygen atoms in total. The van der Waals surface area contributed by atoms with Gasteiger partial charge in [0.15, 0.2) is 0 Å². The highest BCUT2D eigenvalue weighted by Gasteiger charge is 2.12. The van der Waals surface area contributed by atoms with E-state index in [9.17, 15) is 4.79 Å². The molecule has 2 rings (SSSR count). The zero-order valence-corrected chi connectivity index (χ0v) is 10.8. The maximum atomic E-state index is 11.5. The number of halogens is 1. The van der Waals surface area contributed by atoms with Crippen molar-refractivity contribution in [2.45, 2.75) is 6.54 Å². The van der Waals surface area contributed by atoms with Gasteiger partial charge in [-0.15, -0.1) is 10.2 Å². The summed E-state index contributed by atoms with van der Waals surface area (Å²) >= 11 is 6.03. The maximum absolute atomic E-state index is 11.5. The number of likely N-dealkylation sites (N-methyl/N-ethyl adjacent to an activating group) is 1. The Morgan fingerprint density at radius 3 is 2.78 bits per heavy atom. The van der Waals surface area contributed by atoms with E-state index in [4.69, 9.17) is 11.6 Å². The number of nitrogens with zero attached hydrogens (tertiary/aromatic N) is 5. The van der Waals surface area contributed by atoms with E-state index < -0.39 is 0 Å². The summed E-state index contributed by atoms with van der Waals surface area (Å²) in [4.78, 5) is 14.2. The second-order valence-corrected chi connectivity index (χ2v) is 4.32. The van der Waals surface area contributed by atoms with Crippen LogP contribution in [0.25, 0.3) is 11.4 Å². The molecule has 2 aromatic rings. The van der Waals surface area contributed by atoms with E-state index in [1.807, 2.05) is 12.1 Å². The molecule has 1 amide bonds. The van der Waals surface area contributed by atoms with Crippen LogP contribution in [0.4, 0.5) is 0 Å². The highest BCUT2D eigenvalue weighted by atomic mass is 35.5. The van der Waals surface area contributed by atoms with Crippen molar-refractivity contribution in [3.05, 3.63) is 29.3 Å². The molecule has 94 valence electrons. The average Bonchev–Trinajstić information content (AvgIpc) is 2.77.